The van der Waals surface area contributed by atoms with E-state index in [1.165, 1.54) is 13.2 Å². The second kappa shape index (κ2) is 6.54. The lowest BCUT2D eigenvalue weighted by atomic mass is 10.0. The fraction of sp³-hybridized carbons (Fsp3) is 0.500. The second-order valence-electron chi connectivity index (χ2n) is 3.89. The third-order valence-electron chi connectivity index (χ3n) is 2.82. The smallest absolute Gasteiger partial charge is 0.165 e. The lowest BCUT2D eigenvalue weighted by molar-refractivity contribution is 0.0831. The van der Waals surface area contributed by atoms with Gasteiger partial charge >= 0.3 is 0 Å². The van der Waals surface area contributed by atoms with Crippen LogP contribution in [0.2, 0.25) is 0 Å². The first-order valence-corrected chi connectivity index (χ1v) is 5.43. The monoisotopic (exact) mass is 242 g/mol. The Morgan fingerprint density at radius 2 is 2.12 bits per heavy atom. The van der Waals surface area contributed by atoms with Gasteiger partial charge in [0.1, 0.15) is 0 Å². The molecule has 1 rings (SSSR count). The summed E-state index contributed by atoms with van der Waals surface area (Å²) in [6.45, 7) is 1.91. The maximum Gasteiger partial charge on any atom is 0.165 e. The first kappa shape index (κ1) is 13.9. The van der Waals surface area contributed by atoms with Crippen LogP contribution >= 0.6 is 0 Å². The van der Waals surface area contributed by atoms with Crippen molar-refractivity contribution in [1.82, 2.24) is 5.43 Å². The number of nitrogens with one attached hydrogen (secondary N) is 1. The van der Waals surface area contributed by atoms with Crippen LogP contribution in [0.15, 0.2) is 18.2 Å². The number of hydrogen-bond acceptors (Lipinski definition) is 4. The molecule has 0 saturated heterocycles. The molecule has 0 radical (unpaired) electrons. The Morgan fingerprint density at radius 3 is 2.59 bits per heavy atom. The number of hydrogen-bond donors (Lipinski definition) is 2. The van der Waals surface area contributed by atoms with Crippen molar-refractivity contribution in [3.8, 4) is 5.75 Å². The first-order chi connectivity index (χ1) is 8.12. The van der Waals surface area contributed by atoms with Gasteiger partial charge in [-0.2, -0.15) is 0 Å². The highest BCUT2D eigenvalue weighted by Crippen LogP contribution is 2.19. The molecule has 0 spiro atoms. The van der Waals surface area contributed by atoms with Gasteiger partial charge in [0.15, 0.2) is 11.6 Å². The standard InChI is InChI=1S/C12H19FN2O2/c1-8(16-2)11(15-14)7-9-4-5-12(17-3)10(13)6-9/h4-6,8,11,15H,7,14H2,1-3H3. The van der Waals surface area contributed by atoms with Crippen LogP contribution in [0.4, 0.5) is 4.39 Å². The lowest BCUT2D eigenvalue weighted by Gasteiger charge is -2.22. The number of benzene rings is 1. The predicted molar refractivity (Wildman–Crippen MR) is 64.2 cm³/mol. The molecule has 0 aliphatic heterocycles. The lowest BCUT2D eigenvalue weighted by Crippen LogP contribution is -2.45. The highest BCUT2D eigenvalue weighted by atomic mass is 19.1. The SMILES string of the molecule is COc1ccc(CC(NN)C(C)OC)cc1F. The normalized spacial score (nSPS) is 14.4. The highest BCUT2D eigenvalue weighted by molar-refractivity contribution is 5.29. The molecule has 1 aromatic carbocycles. The van der Waals surface area contributed by atoms with Gasteiger partial charge in [0.25, 0.3) is 0 Å². The van der Waals surface area contributed by atoms with Gasteiger partial charge in [-0.15, -0.1) is 0 Å². The molecule has 17 heavy (non-hydrogen) atoms. The van der Waals surface area contributed by atoms with Crippen LogP contribution < -0.4 is 16.0 Å². The summed E-state index contributed by atoms with van der Waals surface area (Å²) in [5.41, 5.74) is 3.51. The van der Waals surface area contributed by atoms with E-state index in [0.717, 1.165) is 5.56 Å². The van der Waals surface area contributed by atoms with Gasteiger partial charge in [-0.1, -0.05) is 6.07 Å². The van der Waals surface area contributed by atoms with Gasteiger partial charge in [0.05, 0.1) is 19.3 Å². The van der Waals surface area contributed by atoms with Crippen molar-refractivity contribution in [2.75, 3.05) is 14.2 Å². The molecule has 2 atom stereocenters. The van der Waals surface area contributed by atoms with Crippen LogP contribution in [0.25, 0.3) is 0 Å². The van der Waals surface area contributed by atoms with E-state index in [4.69, 9.17) is 15.3 Å². The van der Waals surface area contributed by atoms with Crippen molar-refractivity contribution in [1.29, 1.82) is 0 Å². The van der Waals surface area contributed by atoms with Crippen LogP contribution in [-0.4, -0.2) is 26.4 Å². The molecule has 0 aromatic heterocycles. The Labute approximate surface area is 101 Å². The Balaban J connectivity index is 2.76. The van der Waals surface area contributed by atoms with Gasteiger partial charge < -0.3 is 9.47 Å². The summed E-state index contributed by atoms with van der Waals surface area (Å²) in [6.07, 6.45) is 0.539. The molecule has 0 amide bonds. The third-order valence-corrected chi connectivity index (χ3v) is 2.82. The summed E-state index contributed by atoms with van der Waals surface area (Å²) >= 11 is 0. The number of halogens is 1. The molecule has 0 saturated carbocycles. The Bertz CT molecular complexity index is 360. The number of ether oxygens (including phenoxy) is 2. The topological polar surface area (TPSA) is 56.5 Å². The average molecular weight is 242 g/mol. The molecule has 0 bridgehead atoms. The number of methoxy groups -OCH3 is 2. The molecule has 1 aromatic rings. The maximum atomic E-state index is 13.5. The minimum absolute atomic E-state index is 0.0508. The summed E-state index contributed by atoms with van der Waals surface area (Å²) in [5, 5.41) is 0. The van der Waals surface area contributed by atoms with Crippen molar-refractivity contribution >= 4 is 0 Å². The van der Waals surface area contributed by atoms with E-state index in [-0.39, 0.29) is 23.7 Å². The summed E-state index contributed by atoms with van der Waals surface area (Å²) < 4.78 is 23.5. The quantitative estimate of drug-likeness (QED) is 0.582. The zero-order chi connectivity index (χ0) is 12.8. The molecule has 3 N–H and O–H groups in total. The van der Waals surface area contributed by atoms with Crippen molar-refractivity contribution in [2.24, 2.45) is 5.84 Å². The van der Waals surface area contributed by atoms with Crippen LogP contribution in [0.3, 0.4) is 0 Å². The van der Waals surface area contributed by atoms with Crippen LogP contribution in [0.5, 0.6) is 5.75 Å². The Kier molecular flexibility index (Phi) is 5.34. The maximum absolute atomic E-state index is 13.5. The molecule has 0 aliphatic rings. The van der Waals surface area contributed by atoms with Crippen molar-refractivity contribution in [3.05, 3.63) is 29.6 Å². The van der Waals surface area contributed by atoms with Crippen LogP contribution in [-0.2, 0) is 11.2 Å². The molecule has 0 heterocycles. The molecule has 4 nitrogen and oxygen atoms in total. The van der Waals surface area contributed by atoms with Crippen molar-refractivity contribution in [2.45, 2.75) is 25.5 Å². The molecule has 0 aliphatic carbocycles. The molecule has 2 unspecified atom stereocenters. The molecular formula is C12H19FN2O2. The van der Waals surface area contributed by atoms with E-state index in [0.29, 0.717) is 6.42 Å². The zero-order valence-electron chi connectivity index (χ0n) is 10.4. The fourth-order valence-electron chi connectivity index (χ4n) is 1.62. The predicted octanol–water partition coefficient (Wildman–Crippen LogP) is 1.24. The summed E-state index contributed by atoms with van der Waals surface area (Å²) in [6, 6.07) is 4.81. The van der Waals surface area contributed by atoms with E-state index in [9.17, 15) is 4.39 Å². The number of rotatable bonds is 6. The Morgan fingerprint density at radius 1 is 1.41 bits per heavy atom. The van der Waals surface area contributed by atoms with E-state index >= 15 is 0 Å². The van der Waals surface area contributed by atoms with Gasteiger partial charge in [-0.05, 0) is 31.0 Å². The molecular weight excluding hydrogens is 223 g/mol. The first-order valence-electron chi connectivity index (χ1n) is 5.43. The largest absolute Gasteiger partial charge is 0.494 e. The minimum atomic E-state index is -0.370. The summed E-state index contributed by atoms with van der Waals surface area (Å²) in [7, 11) is 3.05. The van der Waals surface area contributed by atoms with Crippen LogP contribution in [0, 0.1) is 5.82 Å². The molecule has 96 valence electrons. The van der Waals surface area contributed by atoms with Gasteiger partial charge in [0, 0.05) is 7.11 Å². The van der Waals surface area contributed by atoms with E-state index in [2.05, 4.69) is 5.43 Å². The van der Waals surface area contributed by atoms with Crippen molar-refractivity contribution in [3.63, 3.8) is 0 Å². The molecule has 0 fully saturated rings. The second-order valence-corrected chi connectivity index (χ2v) is 3.89. The highest BCUT2D eigenvalue weighted by Gasteiger charge is 2.16. The van der Waals surface area contributed by atoms with Crippen molar-refractivity contribution < 1.29 is 13.9 Å². The Hall–Kier alpha value is -1.17. The number of hydrazine groups is 1. The van der Waals surface area contributed by atoms with E-state index < -0.39 is 0 Å². The van der Waals surface area contributed by atoms with E-state index in [1.54, 1.807) is 13.2 Å². The zero-order valence-corrected chi connectivity index (χ0v) is 10.4. The molecule has 5 heteroatoms. The minimum Gasteiger partial charge on any atom is -0.494 e. The van der Waals surface area contributed by atoms with E-state index in [1.807, 2.05) is 13.0 Å². The average Bonchev–Trinajstić information content (AvgIpc) is 2.35. The van der Waals surface area contributed by atoms with Crippen LogP contribution in [0.1, 0.15) is 12.5 Å². The van der Waals surface area contributed by atoms with Gasteiger partial charge in [-0.25, -0.2) is 4.39 Å². The summed E-state index contributed by atoms with van der Waals surface area (Å²) in [4.78, 5) is 0. The number of nitrogens with two attached hydrogens (primary N) is 1. The fourth-order valence-corrected chi connectivity index (χ4v) is 1.62. The van der Waals surface area contributed by atoms with Gasteiger partial charge in [-0.3, -0.25) is 11.3 Å². The third kappa shape index (κ3) is 3.66. The van der Waals surface area contributed by atoms with Gasteiger partial charge in [0.2, 0.25) is 0 Å². The summed E-state index contributed by atoms with van der Waals surface area (Å²) in [5.74, 6) is 5.31.